The van der Waals surface area contributed by atoms with Gasteiger partial charge in [0, 0.05) is 48.2 Å². The number of rotatable bonds is 10. The predicted octanol–water partition coefficient (Wildman–Crippen LogP) is 4.39. The van der Waals surface area contributed by atoms with Gasteiger partial charge < -0.3 is 19.1 Å². The lowest BCUT2D eigenvalue weighted by Gasteiger charge is -2.30. The molecule has 0 saturated carbocycles. The highest BCUT2D eigenvalue weighted by molar-refractivity contribution is 7.41. The smallest absolute Gasteiger partial charge is 0.334 e. The van der Waals surface area contributed by atoms with Gasteiger partial charge in [-0.05, 0) is 55.8 Å². The molecule has 1 aliphatic heterocycles. The van der Waals surface area contributed by atoms with E-state index in [1.165, 1.54) is 16.8 Å². The molecule has 10 radical (unpaired) electrons. The third kappa shape index (κ3) is 7.21. The van der Waals surface area contributed by atoms with Crippen molar-refractivity contribution in [3.8, 4) is 28.3 Å². The van der Waals surface area contributed by atoms with Gasteiger partial charge in [0.05, 0.1) is 63.8 Å². The molecule has 3 aromatic heterocycles. The zero-order valence-corrected chi connectivity index (χ0v) is 27.5. The fourth-order valence-electron chi connectivity index (χ4n) is 5.20. The zero-order chi connectivity index (χ0) is 33.4. The van der Waals surface area contributed by atoms with Crippen LogP contribution in [0.3, 0.4) is 0 Å². The Morgan fingerprint density at radius 3 is 2.52 bits per heavy atom. The molecular weight excluding hydrogens is 624 g/mol. The molecule has 1 atom stereocenters. The number of hydrogen-bond donors (Lipinski definition) is 1. The van der Waals surface area contributed by atoms with Crippen molar-refractivity contribution in [3.05, 3.63) is 64.3 Å². The molecule has 228 valence electrons. The molecule has 10 nitrogen and oxygen atoms in total. The average molecular weight is 652 g/mol. The fourth-order valence-corrected chi connectivity index (χ4v) is 6.36. The maximum absolute atomic E-state index is 14.8. The van der Waals surface area contributed by atoms with Crippen LogP contribution in [0.2, 0.25) is 10.3 Å². The van der Waals surface area contributed by atoms with Gasteiger partial charge in [0.1, 0.15) is 18.7 Å². The molecule has 18 heteroatoms. The summed E-state index contributed by atoms with van der Waals surface area (Å²) in [7, 11) is 32.1. The summed E-state index contributed by atoms with van der Waals surface area (Å²) in [5.74, 6) is 0.116. The van der Waals surface area contributed by atoms with Crippen LogP contribution in [0.15, 0.2) is 36.7 Å². The minimum absolute atomic E-state index is 0.0228. The first-order valence-electron chi connectivity index (χ1n) is 14.4. The van der Waals surface area contributed by atoms with Gasteiger partial charge in [0.25, 0.3) is 0 Å². The molecule has 0 amide bonds. The third-order valence-electron chi connectivity index (χ3n) is 7.04. The highest BCUT2D eigenvalue weighted by Gasteiger charge is 2.37. The summed E-state index contributed by atoms with van der Waals surface area (Å²) < 4.78 is 41.0. The van der Waals surface area contributed by atoms with Crippen molar-refractivity contribution < 1.29 is 22.7 Å². The summed E-state index contributed by atoms with van der Waals surface area (Å²) in [6, 6.07) is 6.00. The number of aromatic nitrogens is 5. The van der Waals surface area contributed by atoms with E-state index in [0.29, 0.717) is 52.7 Å². The second kappa shape index (κ2) is 13.8. The Morgan fingerprint density at radius 2 is 1.85 bits per heavy atom. The number of anilines is 1. The van der Waals surface area contributed by atoms with Gasteiger partial charge in [0.15, 0.2) is 16.7 Å². The summed E-state index contributed by atoms with van der Waals surface area (Å²) in [6.07, 6.45) is 2.50. The molecule has 0 saturated heterocycles. The third-order valence-corrected chi connectivity index (χ3v) is 8.58. The highest BCUT2D eigenvalue weighted by atomic mass is 35.5. The first kappa shape index (κ1) is 34.6. The Morgan fingerprint density at radius 1 is 1.13 bits per heavy atom. The van der Waals surface area contributed by atoms with Crippen molar-refractivity contribution in [2.75, 3.05) is 25.3 Å². The van der Waals surface area contributed by atoms with Crippen LogP contribution < -0.4 is 10.1 Å². The van der Waals surface area contributed by atoms with Gasteiger partial charge in [-0.2, -0.15) is 10.2 Å². The van der Waals surface area contributed by atoms with Crippen LogP contribution in [0.1, 0.15) is 43.6 Å². The fraction of sp³-hybridized carbons (Fsp3) is 0.393. The highest BCUT2D eigenvalue weighted by Crippen LogP contribution is 2.46. The largest absolute Gasteiger partial charge is 0.482 e. The lowest BCUT2D eigenvalue weighted by molar-refractivity contribution is 0.177. The minimum Gasteiger partial charge on any atom is -0.482 e. The van der Waals surface area contributed by atoms with Gasteiger partial charge in [0.2, 0.25) is 0 Å². The van der Waals surface area contributed by atoms with Crippen molar-refractivity contribution in [3.63, 3.8) is 0 Å². The summed E-state index contributed by atoms with van der Waals surface area (Å²) in [5, 5.41) is 8.75. The van der Waals surface area contributed by atoms with E-state index in [-0.39, 0.29) is 29.7 Å². The number of halogens is 2. The second-order valence-electron chi connectivity index (χ2n) is 10.8. The van der Waals surface area contributed by atoms with Crippen LogP contribution in [0.4, 0.5) is 10.2 Å². The lowest BCUT2D eigenvalue weighted by Crippen LogP contribution is -2.30. The zero-order valence-electron chi connectivity index (χ0n) is 25.8. The van der Waals surface area contributed by atoms with E-state index in [1.807, 2.05) is 13.8 Å². The van der Waals surface area contributed by atoms with Crippen molar-refractivity contribution >= 4 is 65.3 Å². The molecule has 5 rings (SSSR count). The number of aryl methyl sites for hydroxylation is 1. The molecule has 46 heavy (non-hydrogen) atoms. The second-order valence-corrected chi connectivity index (χ2v) is 12.4. The average Bonchev–Trinajstić information content (AvgIpc) is 3.52. The van der Waals surface area contributed by atoms with Crippen LogP contribution >= 0.6 is 20.2 Å². The molecule has 1 aromatic carbocycles. The molecule has 0 fully saturated rings. The number of fused-ring (bicyclic) bond motifs is 7. The van der Waals surface area contributed by atoms with E-state index in [2.05, 4.69) is 20.5 Å². The molecular formula is C28H28B5ClFN6O4P. The number of nitrogens with zero attached hydrogens (tertiary/aromatic N) is 5. The van der Waals surface area contributed by atoms with Crippen LogP contribution in [-0.4, -0.2) is 83.7 Å². The molecule has 4 aromatic rings. The van der Waals surface area contributed by atoms with Crippen LogP contribution in [0, 0.1) is 5.82 Å². The normalized spacial score (nSPS) is 15.7. The van der Waals surface area contributed by atoms with Crippen LogP contribution in [0.25, 0.3) is 22.5 Å². The van der Waals surface area contributed by atoms with Crippen molar-refractivity contribution in [1.82, 2.24) is 24.5 Å². The van der Waals surface area contributed by atoms with Crippen molar-refractivity contribution in [2.45, 2.75) is 43.7 Å². The van der Waals surface area contributed by atoms with Crippen LogP contribution in [0.5, 0.6) is 5.75 Å². The quantitative estimate of drug-likeness (QED) is 0.153. The Hall–Kier alpha value is -2.76. The summed E-state index contributed by atoms with van der Waals surface area (Å²) in [4.78, 5) is 4.63. The lowest BCUT2D eigenvalue weighted by atomic mass is 9.42. The van der Waals surface area contributed by atoms with Gasteiger partial charge in [-0.25, -0.2) is 9.37 Å². The Kier molecular flexibility index (Phi) is 10.3. The van der Waals surface area contributed by atoms with E-state index < -0.39 is 30.9 Å². The first-order valence-corrected chi connectivity index (χ1v) is 15.9. The molecule has 0 aliphatic carbocycles. The number of nitrogens with one attached hydrogen (secondary N) is 1. The maximum atomic E-state index is 14.8. The van der Waals surface area contributed by atoms with Gasteiger partial charge in [-0.1, -0.05) is 11.6 Å². The van der Waals surface area contributed by atoms with Crippen molar-refractivity contribution in [1.29, 1.82) is 0 Å². The van der Waals surface area contributed by atoms with Gasteiger partial charge in [-0.15, -0.1) is 5.11 Å². The SMILES string of the molecule is [B]C([B])([B])Cn1nc(Cl)c2c1-c1cnc(NCOP(OCC)OCC)c(c1)O[C@H](C)c1cc(F)ccc1-c1nn(C)cc1C2([B])[B]. The first-order chi connectivity index (χ1) is 21.7. The van der Waals surface area contributed by atoms with E-state index in [9.17, 15) is 4.39 Å². The molecule has 1 N–H and O–H groups in total. The Bertz CT molecular complexity index is 1720. The molecule has 4 heterocycles. The number of pyridine rings is 1. The molecule has 0 spiro atoms. The van der Waals surface area contributed by atoms with E-state index in [0.717, 1.165) is 0 Å². The molecule has 1 aliphatic rings. The Labute approximate surface area is 280 Å². The summed E-state index contributed by atoms with van der Waals surface area (Å²) in [6.45, 7) is 6.10. The minimum atomic E-state index is -1.79. The van der Waals surface area contributed by atoms with Crippen molar-refractivity contribution in [2.24, 2.45) is 7.05 Å². The molecule has 2 bridgehead atoms. The topological polar surface area (TPSA) is 97.5 Å². The Balaban J connectivity index is 1.73. The van der Waals surface area contributed by atoms with E-state index in [1.54, 1.807) is 43.2 Å². The predicted molar refractivity (Wildman–Crippen MR) is 180 cm³/mol. The van der Waals surface area contributed by atoms with E-state index >= 15 is 0 Å². The molecule has 0 unspecified atom stereocenters. The van der Waals surface area contributed by atoms with Crippen LogP contribution in [-0.2, 0) is 32.4 Å². The van der Waals surface area contributed by atoms with Gasteiger partial charge >= 0.3 is 8.60 Å². The standard InChI is InChI=1S/C28H28B5ClFN6O4P/c1-5-42-46(43-6-2)44-14-37-26-21-9-16(11-36-26)24-22(25(34)39-41(24)13-27(29,30)31)28(32,33)20-12-40(4)38-23(20)18-8-7-17(35)10-19(18)15(3)45-21/h7-12,15H,5-6,13-14H2,1-4H3,(H,36,37)/t15-/m1/s1. The maximum Gasteiger partial charge on any atom is 0.334 e. The number of ether oxygens (including phenoxy) is 1. The summed E-state index contributed by atoms with van der Waals surface area (Å²) >= 11 is 6.78. The monoisotopic (exact) mass is 652 g/mol. The summed E-state index contributed by atoms with van der Waals surface area (Å²) in [5.41, 5.74) is 2.83. The number of benzene rings is 1. The number of hydrogen-bond acceptors (Lipinski definition) is 8. The van der Waals surface area contributed by atoms with Gasteiger partial charge in [-0.3, -0.25) is 13.9 Å². The van der Waals surface area contributed by atoms with E-state index in [4.69, 9.17) is 69.1 Å².